The Labute approximate surface area is 188 Å². The highest BCUT2D eigenvalue weighted by Crippen LogP contribution is 2.39. The minimum absolute atomic E-state index is 0.000262. The lowest BCUT2D eigenvalue weighted by Crippen LogP contribution is -2.29. The summed E-state index contributed by atoms with van der Waals surface area (Å²) in [5, 5.41) is 8.77. The number of hydrogen-bond donors (Lipinski definition) is 1. The van der Waals surface area contributed by atoms with Gasteiger partial charge in [0.15, 0.2) is 11.5 Å². The molecular formula is C20H24BrNO5S2. The van der Waals surface area contributed by atoms with Gasteiger partial charge in [-0.05, 0) is 59.5 Å². The van der Waals surface area contributed by atoms with Crippen LogP contribution in [0.25, 0.3) is 6.08 Å². The van der Waals surface area contributed by atoms with Crippen LogP contribution >= 0.6 is 39.9 Å². The van der Waals surface area contributed by atoms with Crippen LogP contribution < -0.4 is 9.47 Å². The zero-order valence-corrected chi connectivity index (χ0v) is 19.6. The van der Waals surface area contributed by atoms with E-state index in [4.69, 9.17) is 26.8 Å². The first-order chi connectivity index (χ1) is 13.9. The fourth-order valence-electron chi connectivity index (χ4n) is 2.63. The molecule has 1 aliphatic heterocycles. The zero-order chi connectivity index (χ0) is 21.4. The fraction of sp³-hybridized carbons (Fsp3) is 0.450. The van der Waals surface area contributed by atoms with E-state index in [2.05, 4.69) is 22.9 Å². The minimum atomic E-state index is -0.888. The second-order valence-electron chi connectivity index (χ2n) is 6.30. The Hall–Kier alpha value is -1.58. The first kappa shape index (κ1) is 23.7. The van der Waals surface area contributed by atoms with Crippen LogP contribution in [0.5, 0.6) is 11.5 Å². The number of carboxylic acid groups (broad SMARTS) is 1. The topological polar surface area (TPSA) is 76.1 Å². The lowest BCUT2D eigenvalue weighted by Gasteiger charge is -2.15. The summed E-state index contributed by atoms with van der Waals surface area (Å²) in [6, 6.07) is 3.72. The van der Waals surface area contributed by atoms with Crippen LogP contribution in [0.4, 0.5) is 0 Å². The first-order valence-electron chi connectivity index (χ1n) is 9.43. The number of halogens is 1. The second kappa shape index (κ2) is 11.6. The Morgan fingerprint density at radius 2 is 2.07 bits per heavy atom. The Balaban J connectivity index is 2.21. The molecule has 0 aromatic heterocycles. The van der Waals surface area contributed by atoms with E-state index >= 15 is 0 Å². The Morgan fingerprint density at radius 3 is 2.72 bits per heavy atom. The lowest BCUT2D eigenvalue weighted by molar-refractivity contribution is -0.137. The Bertz CT molecular complexity index is 812. The van der Waals surface area contributed by atoms with E-state index < -0.39 is 5.97 Å². The third-order valence-electron chi connectivity index (χ3n) is 4.02. The molecule has 1 aromatic rings. The van der Waals surface area contributed by atoms with Crippen molar-refractivity contribution in [3.05, 3.63) is 27.1 Å². The van der Waals surface area contributed by atoms with Crippen molar-refractivity contribution in [3.8, 4) is 11.5 Å². The van der Waals surface area contributed by atoms with Gasteiger partial charge in [0.2, 0.25) is 0 Å². The van der Waals surface area contributed by atoms with Crippen LogP contribution in [-0.4, -0.2) is 46.0 Å². The largest absolute Gasteiger partial charge is 0.490 e. The number of hydrogen-bond acceptors (Lipinski definition) is 6. The molecule has 0 spiro atoms. The van der Waals surface area contributed by atoms with Crippen LogP contribution in [0.15, 0.2) is 21.5 Å². The highest BCUT2D eigenvalue weighted by Gasteiger charge is 2.31. The van der Waals surface area contributed by atoms with Gasteiger partial charge in [0, 0.05) is 13.0 Å². The minimum Gasteiger partial charge on any atom is -0.490 e. The number of carboxylic acids is 1. The molecular weight excluding hydrogens is 478 g/mol. The van der Waals surface area contributed by atoms with Crippen molar-refractivity contribution < 1.29 is 24.2 Å². The van der Waals surface area contributed by atoms with E-state index in [-0.39, 0.29) is 12.3 Å². The number of amides is 1. The molecule has 0 aliphatic carbocycles. The highest BCUT2D eigenvalue weighted by molar-refractivity contribution is 9.10. The number of unbranched alkanes of at least 4 members (excludes halogenated alkanes) is 1. The predicted octanol–water partition coefficient (Wildman–Crippen LogP) is 5.09. The van der Waals surface area contributed by atoms with Crippen molar-refractivity contribution in [1.29, 1.82) is 0 Å². The van der Waals surface area contributed by atoms with E-state index in [1.165, 1.54) is 16.7 Å². The molecule has 0 bridgehead atoms. The molecule has 6 nitrogen and oxygen atoms in total. The molecule has 1 N–H and O–H groups in total. The number of carbonyl (C=O) groups is 2. The summed E-state index contributed by atoms with van der Waals surface area (Å²) in [5.74, 6) is 0.170. The van der Waals surface area contributed by atoms with Gasteiger partial charge in [-0.1, -0.05) is 37.3 Å². The SMILES string of the molecule is CCCCOc1c(Br)cc(/C=C2\SC(=S)N(CCCC(=O)O)C2=O)cc1OCC. The molecule has 1 fully saturated rings. The molecule has 0 saturated carbocycles. The molecule has 1 saturated heterocycles. The number of rotatable bonds is 11. The Kier molecular flexibility index (Phi) is 9.45. The van der Waals surface area contributed by atoms with Gasteiger partial charge < -0.3 is 14.6 Å². The molecule has 1 heterocycles. The first-order valence-corrected chi connectivity index (χ1v) is 11.4. The van der Waals surface area contributed by atoms with Crippen molar-refractivity contribution in [2.45, 2.75) is 39.5 Å². The zero-order valence-electron chi connectivity index (χ0n) is 16.4. The average Bonchev–Trinajstić information content (AvgIpc) is 2.91. The molecule has 2 rings (SSSR count). The molecule has 29 heavy (non-hydrogen) atoms. The quantitative estimate of drug-likeness (QED) is 0.257. The number of benzene rings is 1. The van der Waals surface area contributed by atoms with Gasteiger partial charge in [0.25, 0.3) is 5.91 Å². The number of aliphatic carboxylic acids is 1. The number of thioether (sulfide) groups is 1. The molecule has 0 unspecified atom stereocenters. The maximum atomic E-state index is 12.7. The lowest BCUT2D eigenvalue weighted by atomic mass is 10.1. The smallest absolute Gasteiger partial charge is 0.303 e. The maximum absolute atomic E-state index is 12.7. The second-order valence-corrected chi connectivity index (χ2v) is 8.83. The summed E-state index contributed by atoms with van der Waals surface area (Å²) in [5.41, 5.74) is 0.786. The van der Waals surface area contributed by atoms with E-state index in [1.807, 2.05) is 19.1 Å². The van der Waals surface area contributed by atoms with E-state index in [1.54, 1.807) is 6.08 Å². The van der Waals surface area contributed by atoms with Crippen LogP contribution in [0.1, 0.15) is 45.1 Å². The monoisotopic (exact) mass is 501 g/mol. The summed E-state index contributed by atoms with van der Waals surface area (Å²) in [6.45, 7) is 5.39. The van der Waals surface area contributed by atoms with Crippen molar-refractivity contribution in [3.63, 3.8) is 0 Å². The number of thiocarbonyl (C=S) groups is 1. The van der Waals surface area contributed by atoms with Crippen LogP contribution in [0.2, 0.25) is 0 Å². The van der Waals surface area contributed by atoms with Crippen LogP contribution in [-0.2, 0) is 9.59 Å². The number of ether oxygens (including phenoxy) is 2. The maximum Gasteiger partial charge on any atom is 0.303 e. The van der Waals surface area contributed by atoms with Gasteiger partial charge >= 0.3 is 5.97 Å². The van der Waals surface area contributed by atoms with Crippen molar-refractivity contribution in [2.75, 3.05) is 19.8 Å². The van der Waals surface area contributed by atoms with Gasteiger partial charge in [-0.25, -0.2) is 0 Å². The highest BCUT2D eigenvalue weighted by atomic mass is 79.9. The van der Waals surface area contributed by atoms with E-state index in [0.29, 0.717) is 46.9 Å². The predicted molar refractivity (Wildman–Crippen MR) is 122 cm³/mol. The van der Waals surface area contributed by atoms with Crippen LogP contribution in [0, 0.1) is 0 Å². The van der Waals surface area contributed by atoms with E-state index in [9.17, 15) is 9.59 Å². The van der Waals surface area contributed by atoms with Gasteiger partial charge in [-0.2, -0.15) is 0 Å². The van der Waals surface area contributed by atoms with Crippen molar-refractivity contribution in [1.82, 2.24) is 4.90 Å². The standard InChI is InChI=1S/C20H24BrNO5S2/c1-3-5-9-27-18-14(21)10-13(11-15(18)26-4-2)12-16-19(25)22(20(28)29-16)8-6-7-17(23)24/h10-12H,3-9H2,1-2H3,(H,23,24)/b16-12-. The summed E-state index contributed by atoms with van der Waals surface area (Å²) in [4.78, 5) is 25.3. The molecule has 158 valence electrons. The summed E-state index contributed by atoms with van der Waals surface area (Å²) in [6.07, 6.45) is 4.11. The summed E-state index contributed by atoms with van der Waals surface area (Å²) >= 11 is 10.0. The number of nitrogens with zero attached hydrogens (tertiary/aromatic N) is 1. The van der Waals surface area contributed by atoms with Gasteiger partial charge in [0.05, 0.1) is 22.6 Å². The van der Waals surface area contributed by atoms with Crippen molar-refractivity contribution >= 4 is 62.2 Å². The molecule has 1 aliphatic rings. The van der Waals surface area contributed by atoms with Crippen molar-refractivity contribution in [2.24, 2.45) is 0 Å². The number of carbonyl (C=O) groups excluding carboxylic acids is 1. The van der Waals surface area contributed by atoms with Gasteiger partial charge in [-0.3, -0.25) is 14.5 Å². The van der Waals surface area contributed by atoms with Gasteiger partial charge in [0.1, 0.15) is 4.32 Å². The normalized spacial score (nSPS) is 15.3. The third-order valence-corrected chi connectivity index (χ3v) is 5.99. The summed E-state index contributed by atoms with van der Waals surface area (Å²) in [7, 11) is 0. The summed E-state index contributed by atoms with van der Waals surface area (Å²) < 4.78 is 12.8. The molecule has 0 radical (unpaired) electrons. The average molecular weight is 502 g/mol. The van der Waals surface area contributed by atoms with Gasteiger partial charge in [-0.15, -0.1) is 0 Å². The van der Waals surface area contributed by atoms with Crippen LogP contribution in [0.3, 0.4) is 0 Å². The fourth-order valence-corrected chi connectivity index (χ4v) is 4.51. The molecule has 9 heteroatoms. The van der Waals surface area contributed by atoms with E-state index in [0.717, 1.165) is 22.9 Å². The molecule has 1 amide bonds. The Morgan fingerprint density at radius 1 is 1.31 bits per heavy atom. The molecule has 1 aromatic carbocycles. The third kappa shape index (κ3) is 6.72. The molecule has 0 atom stereocenters.